The monoisotopic (exact) mass is 282 g/mol. The van der Waals surface area contributed by atoms with E-state index in [4.69, 9.17) is 0 Å². The number of carbonyl (C=O) groups is 2. The van der Waals surface area contributed by atoms with Crippen LogP contribution in [0, 0.1) is 5.92 Å². The van der Waals surface area contributed by atoms with Crippen molar-refractivity contribution in [2.24, 2.45) is 5.92 Å². The largest absolute Gasteiger partial charge is 0.465 e. The Morgan fingerprint density at radius 3 is 3.00 bits per heavy atom. The molecule has 19 heavy (non-hydrogen) atoms. The molecule has 2 unspecified atom stereocenters. The highest BCUT2D eigenvalue weighted by Crippen LogP contribution is 2.24. The number of methoxy groups -OCH3 is 1. The summed E-state index contributed by atoms with van der Waals surface area (Å²) in [6.07, 6.45) is 2.13. The molecule has 1 saturated heterocycles. The van der Waals surface area contributed by atoms with Crippen LogP contribution in [0.4, 0.5) is 5.69 Å². The molecule has 5 nitrogen and oxygen atoms in total. The van der Waals surface area contributed by atoms with Crippen LogP contribution in [0.25, 0.3) is 0 Å². The maximum absolute atomic E-state index is 12.2. The van der Waals surface area contributed by atoms with Crippen LogP contribution in [0.1, 0.15) is 29.4 Å². The van der Waals surface area contributed by atoms with Gasteiger partial charge in [-0.3, -0.25) is 4.79 Å². The van der Waals surface area contributed by atoms with Crippen LogP contribution in [0.3, 0.4) is 0 Å². The lowest BCUT2D eigenvalue weighted by atomic mass is 9.92. The lowest BCUT2D eigenvalue weighted by Gasteiger charge is -2.28. The van der Waals surface area contributed by atoms with Crippen molar-refractivity contribution in [3.05, 3.63) is 16.3 Å². The Kier molecular flexibility index (Phi) is 4.55. The number of nitrogens with one attached hydrogen (secondary N) is 2. The van der Waals surface area contributed by atoms with E-state index in [-0.39, 0.29) is 11.9 Å². The molecule has 2 heterocycles. The van der Waals surface area contributed by atoms with E-state index in [2.05, 4.69) is 22.3 Å². The number of anilines is 1. The average molecular weight is 282 g/mol. The summed E-state index contributed by atoms with van der Waals surface area (Å²) in [6.45, 7) is 2.92. The summed E-state index contributed by atoms with van der Waals surface area (Å²) in [4.78, 5) is 24.2. The quantitative estimate of drug-likeness (QED) is 0.830. The molecule has 0 bridgehead atoms. The summed E-state index contributed by atoms with van der Waals surface area (Å²) in [5, 5.41) is 7.80. The second-order valence-electron chi connectivity index (χ2n) is 4.70. The van der Waals surface area contributed by atoms with E-state index in [1.807, 2.05) is 0 Å². The summed E-state index contributed by atoms with van der Waals surface area (Å²) in [7, 11) is 1.33. The van der Waals surface area contributed by atoms with Gasteiger partial charge in [-0.25, -0.2) is 4.79 Å². The molecule has 0 radical (unpaired) electrons. The summed E-state index contributed by atoms with van der Waals surface area (Å²) < 4.78 is 4.69. The van der Waals surface area contributed by atoms with Gasteiger partial charge < -0.3 is 15.4 Å². The van der Waals surface area contributed by atoms with Crippen molar-refractivity contribution in [3.63, 3.8) is 0 Å². The standard InChI is InChI=1S/C13H18N2O3S/c1-8-4-3-6-14-10(8)12(16)15-9-5-7-19-11(9)13(17)18-2/h5,7-8,10,14H,3-4,6H2,1-2H3,(H,15,16). The van der Waals surface area contributed by atoms with Gasteiger partial charge in [-0.15, -0.1) is 11.3 Å². The molecule has 2 N–H and O–H groups in total. The molecule has 104 valence electrons. The predicted octanol–water partition coefficient (Wildman–Crippen LogP) is 1.86. The van der Waals surface area contributed by atoms with Crippen LogP contribution < -0.4 is 10.6 Å². The van der Waals surface area contributed by atoms with Gasteiger partial charge in [-0.1, -0.05) is 6.92 Å². The fourth-order valence-electron chi connectivity index (χ4n) is 2.27. The molecule has 1 aliphatic rings. The molecule has 1 aromatic heterocycles. The van der Waals surface area contributed by atoms with Crippen molar-refractivity contribution in [2.45, 2.75) is 25.8 Å². The molecule has 0 aromatic carbocycles. The Morgan fingerprint density at radius 1 is 1.53 bits per heavy atom. The number of rotatable bonds is 3. The molecule has 6 heteroatoms. The van der Waals surface area contributed by atoms with Crippen LogP contribution in [0.2, 0.25) is 0 Å². The smallest absolute Gasteiger partial charge is 0.350 e. The van der Waals surface area contributed by atoms with Gasteiger partial charge in [0.25, 0.3) is 0 Å². The number of hydrogen-bond donors (Lipinski definition) is 2. The molecular formula is C13H18N2O3S. The van der Waals surface area contributed by atoms with Gasteiger partial charge in [0.05, 0.1) is 18.8 Å². The number of esters is 1. The molecular weight excluding hydrogens is 264 g/mol. The van der Waals surface area contributed by atoms with Crippen molar-refractivity contribution in [3.8, 4) is 0 Å². The topological polar surface area (TPSA) is 67.4 Å². The molecule has 2 atom stereocenters. The van der Waals surface area contributed by atoms with E-state index in [0.717, 1.165) is 19.4 Å². The predicted molar refractivity (Wildman–Crippen MR) is 74.5 cm³/mol. The molecule has 2 rings (SSSR count). The SMILES string of the molecule is COC(=O)c1sccc1NC(=O)C1NCCCC1C. The number of hydrogen-bond acceptors (Lipinski definition) is 5. The van der Waals surface area contributed by atoms with Gasteiger partial charge in [0.1, 0.15) is 4.88 Å². The highest BCUT2D eigenvalue weighted by atomic mass is 32.1. The van der Waals surface area contributed by atoms with Gasteiger partial charge in [-0.2, -0.15) is 0 Å². The second-order valence-corrected chi connectivity index (χ2v) is 5.61. The van der Waals surface area contributed by atoms with E-state index < -0.39 is 5.97 Å². The maximum Gasteiger partial charge on any atom is 0.350 e. The Labute approximate surface area is 116 Å². The average Bonchev–Trinajstić information content (AvgIpc) is 2.86. The first-order valence-corrected chi connectivity index (χ1v) is 7.21. The number of amides is 1. The van der Waals surface area contributed by atoms with Crippen molar-refractivity contribution in [1.29, 1.82) is 0 Å². The van der Waals surface area contributed by atoms with Crippen molar-refractivity contribution < 1.29 is 14.3 Å². The van der Waals surface area contributed by atoms with Gasteiger partial charge in [-0.05, 0) is 36.8 Å². The molecule has 0 aliphatic carbocycles. The first-order valence-electron chi connectivity index (χ1n) is 6.33. The summed E-state index contributed by atoms with van der Waals surface area (Å²) in [5.74, 6) is -0.209. The van der Waals surface area contributed by atoms with Crippen molar-refractivity contribution in [1.82, 2.24) is 5.32 Å². The summed E-state index contributed by atoms with van der Waals surface area (Å²) in [5.41, 5.74) is 0.529. The van der Waals surface area contributed by atoms with E-state index in [1.165, 1.54) is 18.4 Å². The molecule has 0 saturated carbocycles. The van der Waals surface area contributed by atoms with E-state index in [0.29, 0.717) is 16.5 Å². The number of ether oxygens (including phenoxy) is 1. The number of piperidine rings is 1. The fourth-order valence-corrected chi connectivity index (χ4v) is 3.04. The molecule has 1 fully saturated rings. The highest BCUT2D eigenvalue weighted by Gasteiger charge is 2.28. The summed E-state index contributed by atoms with van der Waals surface area (Å²) in [6, 6.07) is 1.53. The highest BCUT2D eigenvalue weighted by molar-refractivity contribution is 7.12. The first kappa shape index (κ1) is 14.0. The van der Waals surface area contributed by atoms with Gasteiger partial charge >= 0.3 is 5.97 Å². The minimum Gasteiger partial charge on any atom is -0.465 e. The molecule has 1 aliphatic heterocycles. The van der Waals surface area contributed by atoms with Crippen LogP contribution in [0.5, 0.6) is 0 Å². The third kappa shape index (κ3) is 3.13. The van der Waals surface area contributed by atoms with E-state index in [1.54, 1.807) is 11.4 Å². The Hall–Kier alpha value is -1.40. The van der Waals surface area contributed by atoms with E-state index >= 15 is 0 Å². The zero-order chi connectivity index (χ0) is 13.8. The van der Waals surface area contributed by atoms with E-state index in [9.17, 15) is 9.59 Å². The minimum atomic E-state index is -0.421. The minimum absolute atomic E-state index is 0.0873. The lowest BCUT2D eigenvalue weighted by molar-refractivity contribution is -0.119. The number of carbonyl (C=O) groups excluding carboxylic acids is 2. The number of thiophene rings is 1. The zero-order valence-electron chi connectivity index (χ0n) is 11.1. The zero-order valence-corrected chi connectivity index (χ0v) is 11.9. The van der Waals surface area contributed by atoms with Gasteiger partial charge in [0.15, 0.2) is 0 Å². The normalized spacial score (nSPS) is 22.8. The fraction of sp³-hybridized carbons (Fsp3) is 0.538. The second kappa shape index (κ2) is 6.16. The molecule has 1 amide bonds. The lowest BCUT2D eigenvalue weighted by Crippen LogP contribution is -2.48. The van der Waals surface area contributed by atoms with Gasteiger partial charge in [0, 0.05) is 0 Å². The van der Waals surface area contributed by atoms with Crippen molar-refractivity contribution >= 4 is 28.9 Å². The Morgan fingerprint density at radius 2 is 2.32 bits per heavy atom. The maximum atomic E-state index is 12.2. The van der Waals surface area contributed by atoms with Crippen LogP contribution >= 0.6 is 11.3 Å². The first-order chi connectivity index (χ1) is 9.13. The third-order valence-corrected chi connectivity index (χ3v) is 4.24. The third-order valence-electron chi connectivity index (χ3n) is 3.35. The van der Waals surface area contributed by atoms with Crippen LogP contribution in [-0.2, 0) is 9.53 Å². The van der Waals surface area contributed by atoms with Crippen LogP contribution in [-0.4, -0.2) is 31.6 Å². The van der Waals surface area contributed by atoms with Gasteiger partial charge in [0.2, 0.25) is 5.91 Å². The van der Waals surface area contributed by atoms with Crippen LogP contribution in [0.15, 0.2) is 11.4 Å². The Balaban J connectivity index is 2.06. The summed E-state index contributed by atoms with van der Waals surface area (Å²) >= 11 is 1.26. The van der Waals surface area contributed by atoms with Crippen molar-refractivity contribution in [2.75, 3.05) is 19.0 Å². The Bertz CT molecular complexity index is 472. The molecule has 0 spiro atoms. The molecule has 1 aromatic rings.